The van der Waals surface area contributed by atoms with Crippen LogP contribution in [0.4, 0.5) is 0 Å². The van der Waals surface area contributed by atoms with E-state index >= 15 is 0 Å². The third-order valence-corrected chi connectivity index (χ3v) is 3.14. The third-order valence-electron chi connectivity index (χ3n) is 3.14. The number of hydrogen-bond acceptors (Lipinski definition) is 4. The van der Waals surface area contributed by atoms with E-state index in [9.17, 15) is 4.79 Å². The minimum absolute atomic E-state index is 0.0599. The van der Waals surface area contributed by atoms with Gasteiger partial charge in [0.25, 0.3) is 0 Å². The first kappa shape index (κ1) is 15.5. The van der Waals surface area contributed by atoms with Crippen LogP contribution in [0, 0.1) is 5.92 Å². The maximum atomic E-state index is 11.4. The van der Waals surface area contributed by atoms with E-state index in [0.717, 1.165) is 25.1 Å². The summed E-state index contributed by atoms with van der Waals surface area (Å²) in [6, 6.07) is 8.01. The first-order valence-electron chi connectivity index (χ1n) is 6.62. The molecule has 0 saturated heterocycles. The molecule has 0 radical (unpaired) electrons. The van der Waals surface area contributed by atoms with E-state index in [1.54, 1.807) is 7.11 Å². The molecule has 1 atom stereocenters. The van der Waals surface area contributed by atoms with Crippen LogP contribution in [0.15, 0.2) is 24.3 Å². The second-order valence-corrected chi connectivity index (χ2v) is 4.43. The highest BCUT2D eigenvalue weighted by Gasteiger charge is 2.15. The highest BCUT2D eigenvalue weighted by atomic mass is 16.5. The van der Waals surface area contributed by atoms with Crippen molar-refractivity contribution < 1.29 is 14.3 Å². The first-order chi connectivity index (χ1) is 9.21. The summed E-state index contributed by atoms with van der Waals surface area (Å²) >= 11 is 0. The Morgan fingerprint density at radius 1 is 1.37 bits per heavy atom. The molecule has 0 fully saturated rings. The normalized spacial score (nSPS) is 11.9. The van der Waals surface area contributed by atoms with Crippen molar-refractivity contribution in [1.29, 1.82) is 0 Å². The second-order valence-electron chi connectivity index (χ2n) is 4.43. The fourth-order valence-electron chi connectivity index (χ4n) is 1.90. The minimum atomic E-state index is -0.142. The van der Waals surface area contributed by atoms with Gasteiger partial charge in [-0.25, -0.2) is 0 Å². The summed E-state index contributed by atoms with van der Waals surface area (Å²) in [5, 5.41) is 3.30. The SMILES string of the molecule is CCC(CNCCc1cccc(OC)c1)C(=O)OC. The lowest BCUT2D eigenvalue weighted by Crippen LogP contribution is -2.30. The molecule has 1 unspecified atom stereocenters. The van der Waals surface area contributed by atoms with Gasteiger partial charge in [0.05, 0.1) is 20.1 Å². The molecule has 0 spiro atoms. The van der Waals surface area contributed by atoms with Gasteiger partial charge in [-0.05, 0) is 37.1 Å². The van der Waals surface area contributed by atoms with Gasteiger partial charge in [-0.2, -0.15) is 0 Å². The molecule has 0 aromatic heterocycles. The summed E-state index contributed by atoms with van der Waals surface area (Å²) in [5.74, 6) is 0.671. The molecule has 19 heavy (non-hydrogen) atoms. The molecule has 0 bridgehead atoms. The summed E-state index contributed by atoms with van der Waals surface area (Å²) in [6.45, 7) is 3.49. The van der Waals surface area contributed by atoms with Crippen molar-refractivity contribution in [1.82, 2.24) is 5.32 Å². The maximum Gasteiger partial charge on any atom is 0.309 e. The Balaban J connectivity index is 2.31. The Bertz CT molecular complexity index is 393. The van der Waals surface area contributed by atoms with E-state index in [2.05, 4.69) is 11.4 Å². The highest BCUT2D eigenvalue weighted by Crippen LogP contribution is 2.12. The molecular formula is C15H23NO3. The molecule has 0 aliphatic carbocycles. The molecule has 0 amide bonds. The fraction of sp³-hybridized carbons (Fsp3) is 0.533. The van der Waals surface area contributed by atoms with Gasteiger partial charge >= 0.3 is 5.97 Å². The van der Waals surface area contributed by atoms with Crippen LogP contribution < -0.4 is 10.1 Å². The Hall–Kier alpha value is -1.55. The quantitative estimate of drug-likeness (QED) is 0.577. The van der Waals surface area contributed by atoms with Gasteiger partial charge < -0.3 is 14.8 Å². The molecule has 0 aliphatic heterocycles. The van der Waals surface area contributed by atoms with E-state index in [1.165, 1.54) is 12.7 Å². The molecule has 0 saturated carbocycles. The van der Waals surface area contributed by atoms with Gasteiger partial charge in [0.1, 0.15) is 5.75 Å². The molecule has 1 rings (SSSR count). The standard InChI is InChI=1S/C15H23NO3/c1-4-13(15(17)19-3)11-16-9-8-12-6-5-7-14(10-12)18-2/h5-7,10,13,16H,4,8-9,11H2,1-3H3. The number of ether oxygens (including phenoxy) is 2. The van der Waals surface area contributed by atoms with Crippen molar-refractivity contribution in [3.63, 3.8) is 0 Å². The predicted molar refractivity (Wildman–Crippen MR) is 75.4 cm³/mol. The van der Waals surface area contributed by atoms with Gasteiger partial charge in [0.15, 0.2) is 0 Å². The molecule has 4 nitrogen and oxygen atoms in total. The van der Waals surface area contributed by atoms with E-state index in [4.69, 9.17) is 9.47 Å². The van der Waals surface area contributed by atoms with Crippen LogP contribution >= 0.6 is 0 Å². The van der Waals surface area contributed by atoms with Gasteiger partial charge in [0.2, 0.25) is 0 Å². The zero-order valence-corrected chi connectivity index (χ0v) is 11.9. The van der Waals surface area contributed by atoms with Gasteiger partial charge in [-0.1, -0.05) is 19.1 Å². The lowest BCUT2D eigenvalue weighted by molar-refractivity contribution is -0.145. The lowest BCUT2D eigenvalue weighted by Gasteiger charge is -2.13. The number of benzene rings is 1. The van der Waals surface area contributed by atoms with Crippen LogP contribution in [0.25, 0.3) is 0 Å². The smallest absolute Gasteiger partial charge is 0.309 e. The topological polar surface area (TPSA) is 47.6 Å². The number of carbonyl (C=O) groups is 1. The minimum Gasteiger partial charge on any atom is -0.497 e. The zero-order chi connectivity index (χ0) is 14.1. The molecule has 0 aliphatic rings. The number of nitrogens with one attached hydrogen (secondary N) is 1. The highest BCUT2D eigenvalue weighted by molar-refractivity contribution is 5.72. The molecule has 1 aromatic rings. The molecular weight excluding hydrogens is 242 g/mol. The monoisotopic (exact) mass is 265 g/mol. The van der Waals surface area contributed by atoms with Crippen molar-refractivity contribution in [2.75, 3.05) is 27.3 Å². The maximum absolute atomic E-state index is 11.4. The van der Waals surface area contributed by atoms with Crippen molar-refractivity contribution in [2.45, 2.75) is 19.8 Å². The molecule has 1 aromatic carbocycles. The Morgan fingerprint density at radius 2 is 2.16 bits per heavy atom. The van der Waals surface area contributed by atoms with Gasteiger partial charge in [-0.3, -0.25) is 4.79 Å². The summed E-state index contributed by atoms with van der Waals surface area (Å²) < 4.78 is 9.93. The first-order valence-corrected chi connectivity index (χ1v) is 6.62. The Morgan fingerprint density at radius 3 is 2.79 bits per heavy atom. The lowest BCUT2D eigenvalue weighted by atomic mass is 10.1. The van der Waals surface area contributed by atoms with E-state index in [0.29, 0.717) is 6.54 Å². The van der Waals surface area contributed by atoms with Crippen LogP contribution in [0.5, 0.6) is 5.75 Å². The fourth-order valence-corrected chi connectivity index (χ4v) is 1.90. The van der Waals surface area contributed by atoms with Gasteiger partial charge in [-0.15, -0.1) is 0 Å². The summed E-state index contributed by atoms with van der Waals surface area (Å²) in [6.07, 6.45) is 1.70. The molecule has 4 heteroatoms. The van der Waals surface area contributed by atoms with Crippen molar-refractivity contribution in [3.8, 4) is 5.75 Å². The van der Waals surface area contributed by atoms with Gasteiger partial charge in [0, 0.05) is 6.54 Å². The van der Waals surface area contributed by atoms with Crippen molar-refractivity contribution >= 4 is 5.97 Å². The summed E-state index contributed by atoms with van der Waals surface area (Å²) in [4.78, 5) is 11.4. The van der Waals surface area contributed by atoms with Crippen molar-refractivity contribution in [2.24, 2.45) is 5.92 Å². The molecule has 1 N–H and O–H groups in total. The number of carbonyl (C=O) groups excluding carboxylic acids is 1. The van der Waals surface area contributed by atoms with Crippen LogP contribution in [0.1, 0.15) is 18.9 Å². The second kappa shape index (κ2) is 8.53. The van der Waals surface area contributed by atoms with E-state index in [1.807, 2.05) is 25.1 Å². The zero-order valence-electron chi connectivity index (χ0n) is 11.9. The molecule has 106 valence electrons. The van der Waals surface area contributed by atoms with E-state index < -0.39 is 0 Å². The summed E-state index contributed by atoms with van der Waals surface area (Å²) in [7, 11) is 3.10. The Kier molecular flexibility index (Phi) is 6.97. The van der Waals surface area contributed by atoms with Crippen LogP contribution in [0.3, 0.4) is 0 Å². The number of esters is 1. The van der Waals surface area contributed by atoms with Crippen LogP contribution in [-0.2, 0) is 16.0 Å². The van der Waals surface area contributed by atoms with E-state index in [-0.39, 0.29) is 11.9 Å². The number of rotatable bonds is 8. The number of methoxy groups -OCH3 is 2. The van der Waals surface area contributed by atoms with Crippen LogP contribution in [-0.4, -0.2) is 33.3 Å². The average Bonchev–Trinajstić information content (AvgIpc) is 2.47. The van der Waals surface area contributed by atoms with Crippen molar-refractivity contribution in [3.05, 3.63) is 29.8 Å². The molecule has 0 heterocycles. The Labute approximate surface area is 115 Å². The summed E-state index contributed by atoms with van der Waals surface area (Å²) in [5.41, 5.74) is 1.22. The third kappa shape index (κ3) is 5.30. The predicted octanol–water partition coefficient (Wildman–Crippen LogP) is 2.03. The largest absolute Gasteiger partial charge is 0.497 e. The number of hydrogen-bond donors (Lipinski definition) is 1. The average molecular weight is 265 g/mol. The van der Waals surface area contributed by atoms with Crippen LogP contribution in [0.2, 0.25) is 0 Å².